The number of aryl methyl sites for hydroxylation is 1. The topological polar surface area (TPSA) is 65.1 Å². The van der Waals surface area contributed by atoms with Gasteiger partial charge in [-0.1, -0.05) is 27.7 Å². The number of nitrogens with one attached hydrogen (secondary N) is 3. The second-order valence-electron chi connectivity index (χ2n) is 11.4. The first-order valence-corrected chi connectivity index (χ1v) is 13.9. The summed E-state index contributed by atoms with van der Waals surface area (Å²) in [6.45, 7) is 15.7. The number of aromatic nitrogens is 2. The van der Waals surface area contributed by atoms with Gasteiger partial charge in [0.1, 0.15) is 5.69 Å². The number of hydrogen-bond donors (Lipinski definition) is 3. The molecular weight excluding hydrogens is 456 g/mol. The molecule has 0 spiro atoms. The average Bonchev–Trinajstić information content (AvgIpc) is 2.95. The van der Waals surface area contributed by atoms with Gasteiger partial charge < -0.3 is 20.9 Å². The highest BCUT2D eigenvalue weighted by molar-refractivity contribution is 5.81. The second kappa shape index (κ2) is 11.8. The Bertz CT molecular complexity index is 1150. The lowest BCUT2D eigenvalue weighted by Crippen LogP contribution is -2.30. The summed E-state index contributed by atoms with van der Waals surface area (Å²) in [5, 5.41) is 10.7. The summed E-state index contributed by atoms with van der Waals surface area (Å²) >= 11 is 0. The molecule has 3 heterocycles. The van der Waals surface area contributed by atoms with E-state index in [0.717, 1.165) is 58.7 Å². The van der Waals surface area contributed by atoms with Crippen molar-refractivity contribution in [3.05, 3.63) is 54.2 Å². The van der Waals surface area contributed by atoms with Gasteiger partial charge in [-0.15, -0.1) is 0 Å². The van der Waals surface area contributed by atoms with Crippen molar-refractivity contribution in [2.45, 2.75) is 86.2 Å². The molecular formula is C31H44N6. The zero-order valence-electron chi connectivity index (χ0n) is 23.6. The Hall–Kier alpha value is -3.28. The molecule has 2 aromatic carbocycles. The summed E-state index contributed by atoms with van der Waals surface area (Å²) in [5.74, 6) is 2.92. The van der Waals surface area contributed by atoms with Gasteiger partial charge in [0.25, 0.3) is 0 Å². The van der Waals surface area contributed by atoms with Crippen LogP contribution in [-0.4, -0.2) is 22.1 Å². The average molecular weight is 501 g/mol. The molecule has 6 nitrogen and oxygen atoms in total. The summed E-state index contributed by atoms with van der Waals surface area (Å²) < 4.78 is 0. The summed E-state index contributed by atoms with van der Waals surface area (Å²) in [5.41, 5.74) is 6.17. The summed E-state index contributed by atoms with van der Waals surface area (Å²) in [6.07, 6.45) is 4.65. The van der Waals surface area contributed by atoms with E-state index >= 15 is 0 Å². The van der Waals surface area contributed by atoms with Crippen LogP contribution in [0.5, 0.6) is 0 Å². The Kier molecular flexibility index (Phi) is 8.57. The van der Waals surface area contributed by atoms with Gasteiger partial charge in [-0.2, -0.15) is 4.98 Å². The molecule has 1 aromatic heterocycles. The van der Waals surface area contributed by atoms with Crippen molar-refractivity contribution in [3.63, 3.8) is 0 Å². The van der Waals surface area contributed by atoms with Crippen LogP contribution < -0.4 is 20.9 Å². The van der Waals surface area contributed by atoms with E-state index in [9.17, 15) is 0 Å². The number of fused-ring (bicyclic) bond motifs is 2. The van der Waals surface area contributed by atoms with Crippen LogP contribution in [0.1, 0.15) is 72.9 Å². The molecule has 2 aliphatic heterocycles. The number of rotatable bonds is 11. The molecule has 3 N–H and O–H groups in total. The number of anilines is 7. The minimum atomic E-state index is 0.285. The van der Waals surface area contributed by atoms with Crippen LogP contribution in [0.3, 0.4) is 0 Å². The smallest absolute Gasteiger partial charge is 0.229 e. The predicted octanol–water partition coefficient (Wildman–Crippen LogP) is 8.79. The maximum atomic E-state index is 5.02. The Morgan fingerprint density at radius 3 is 2.03 bits per heavy atom. The van der Waals surface area contributed by atoms with Crippen LogP contribution in [0.4, 0.5) is 40.2 Å². The Morgan fingerprint density at radius 1 is 0.757 bits per heavy atom. The lowest BCUT2D eigenvalue weighted by atomic mass is 10.0. The lowest BCUT2D eigenvalue weighted by molar-refractivity contribution is 0.508. The molecule has 3 aromatic rings. The van der Waals surface area contributed by atoms with Gasteiger partial charge >= 0.3 is 0 Å². The van der Waals surface area contributed by atoms with Gasteiger partial charge in [0, 0.05) is 34.8 Å². The molecule has 0 saturated carbocycles. The molecule has 5 rings (SSSR count). The normalized spacial score (nSPS) is 14.1. The van der Waals surface area contributed by atoms with Crippen molar-refractivity contribution in [2.24, 2.45) is 11.8 Å². The van der Waals surface area contributed by atoms with Gasteiger partial charge in [0.2, 0.25) is 5.95 Å². The van der Waals surface area contributed by atoms with Gasteiger partial charge in [0.05, 0.1) is 5.69 Å². The minimum Gasteiger partial charge on any atom is -0.383 e. The van der Waals surface area contributed by atoms with E-state index in [0.29, 0.717) is 17.9 Å². The highest BCUT2D eigenvalue weighted by atomic mass is 15.3. The largest absolute Gasteiger partial charge is 0.383 e. The first-order valence-electron chi connectivity index (χ1n) is 13.9. The van der Waals surface area contributed by atoms with Crippen molar-refractivity contribution in [2.75, 3.05) is 20.9 Å². The van der Waals surface area contributed by atoms with E-state index in [-0.39, 0.29) is 6.04 Å². The maximum absolute atomic E-state index is 5.02. The molecule has 4 bridgehead atoms. The fraction of sp³-hybridized carbons (Fsp3) is 0.484. The number of benzene rings is 2. The zero-order valence-corrected chi connectivity index (χ0v) is 23.6. The molecule has 2 atom stereocenters. The standard InChI is InChI=1S/C31H44N6/c1-20(2)8-10-22(5)32-25-12-14-26(15-13-25)34-29-24(7)33-31-35-27-16-18-28(19-17-27)37(30(29)36-31)23(6)11-9-21(3)4/h12-23,32,34H,8-11H2,1-7H3,(H,33,35,36). The van der Waals surface area contributed by atoms with Crippen LogP contribution in [0, 0.1) is 18.8 Å². The molecule has 0 amide bonds. The van der Waals surface area contributed by atoms with E-state index in [4.69, 9.17) is 9.97 Å². The van der Waals surface area contributed by atoms with Crippen molar-refractivity contribution >= 4 is 40.2 Å². The zero-order chi connectivity index (χ0) is 26.5. The van der Waals surface area contributed by atoms with Gasteiger partial charge in [-0.3, -0.25) is 0 Å². The Morgan fingerprint density at radius 2 is 1.38 bits per heavy atom. The van der Waals surface area contributed by atoms with Crippen LogP contribution >= 0.6 is 0 Å². The first-order chi connectivity index (χ1) is 17.7. The van der Waals surface area contributed by atoms with Gasteiger partial charge in [-0.25, -0.2) is 4.98 Å². The third kappa shape index (κ3) is 6.94. The fourth-order valence-corrected chi connectivity index (χ4v) is 4.79. The predicted molar refractivity (Wildman–Crippen MR) is 159 cm³/mol. The summed E-state index contributed by atoms with van der Waals surface area (Å²) in [7, 11) is 0. The van der Waals surface area contributed by atoms with Crippen molar-refractivity contribution in [1.29, 1.82) is 0 Å². The number of hydrogen-bond acceptors (Lipinski definition) is 6. The van der Waals surface area contributed by atoms with E-state index in [2.05, 4.69) is 118 Å². The quantitative estimate of drug-likeness (QED) is 0.244. The number of nitrogens with zero attached hydrogens (tertiary/aromatic N) is 3. The molecule has 0 radical (unpaired) electrons. The van der Waals surface area contributed by atoms with Crippen LogP contribution in [0.15, 0.2) is 48.5 Å². The summed E-state index contributed by atoms with van der Waals surface area (Å²) in [6, 6.07) is 17.8. The molecule has 2 unspecified atom stereocenters. The van der Waals surface area contributed by atoms with Gasteiger partial charge in [0.15, 0.2) is 5.82 Å². The SMILES string of the molecule is Cc1nc2nc(c1Nc1ccc(NC(C)CCC(C)C)cc1)N(C(C)CCC(C)C)c1ccc(cc1)N2. The highest BCUT2D eigenvalue weighted by Crippen LogP contribution is 2.39. The highest BCUT2D eigenvalue weighted by Gasteiger charge is 2.25. The van der Waals surface area contributed by atoms with E-state index in [1.165, 1.54) is 12.8 Å². The third-order valence-corrected chi connectivity index (χ3v) is 7.05. The molecule has 0 fully saturated rings. The molecule has 0 aliphatic carbocycles. The Labute approximate surface area is 223 Å². The first kappa shape index (κ1) is 26.8. The fourth-order valence-electron chi connectivity index (χ4n) is 4.79. The molecule has 198 valence electrons. The van der Waals surface area contributed by atoms with Crippen LogP contribution in [0.25, 0.3) is 0 Å². The van der Waals surface area contributed by atoms with E-state index in [1.54, 1.807) is 0 Å². The molecule has 0 saturated heterocycles. The van der Waals surface area contributed by atoms with Crippen molar-refractivity contribution < 1.29 is 0 Å². The van der Waals surface area contributed by atoms with Crippen molar-refractivity contribution in [1.82, 2.24) is 9.97 Å². The van der Waals surface area contributed by atoms with Crippen LogP contribution in [0.2, 0.25) is 0 Å². The van der Waals surface area contributed by atoms with Crippen molar-refractivity contribution in [3.8, 4) is 0 Å². The minimum absolute atomic E-state index is 0.285. The van der Waals surface area contributed by atoms with E-state index in [1.807, 2.05) is 0 Å². The third-order valence-electron chi connectivity index (χ3n) is 7.05. The monoisotopic (exact) mass is 500 g/mol. The Balaban J connectivity index is 1.62. The molecule has 37 heavy (non-hydrogen) atoms. The van der Waals surface area contributed by atoms with Crippen LogP contribution in [-0.2, 0) is 0 Å². The maximum Gasteiger partial charge on any atom is 0.229 e. The molecule has 6 heteroatoms. The van der Waals surface area contributed by atoms with Gasteiger partial charge in [-0.05, 0) is 107 Å². The van der Waals surface area contributed by atoms with E-state index < -0.39 is 0 Å². The molecule has 2 aliphatic rings. The lowest BCUT2D eigenvalue weighted by Gasteiger charge is -2.32. The second-order valence-corrected chi connectivity index (χ2v) is 11.4. The summed E-state index contributed by atoms with van der Waals surface area (Å²) in [4.78, 5) is 12.2.